The minimum Gasteiger partial charge on any atom is -0.490 e. The summed E-state index contributed by atoms with van der Waals surface area (Å²) in [7, 11) is 0. The number of piperidine rings is 1. The van der Waals surface area contributed by atoms with Gasteiger partial charge in [0.2, 0.25) is 0 Å². The smallest absolute Gasteiger partial charge is 0.410 e. The molecule has 4 rings (SSSR count). The summed E-state index contributed by atoms with van der Waals surface area (Å²) in [5.41, 5.74) is 0.814. The van der Waals surface area contributed by atoms with E-state index < -0.39 is 0 Å². The van der Waals surface area contributed by atoms with Crippen LogP contribution in [0.25, 0.3) is 0 Å². The molecule has 2 aromatic rings. The number of cyclic esters (lactones) is 1. The van der Waals surface area contributed by atoms with Gasteiger partial charge in [0.1, 0.15) is 12.4 Å². The molecule has 2 saturated heterocycles. The normalized spacial score (nSPS) is 19.5. The van der Waals surface area contributed by atoms with Gasteiger partial charge in [0.15, 0.2) is 6.10 Å². The van der Waals surface area contributed by atoms with Gasteiger partial charge in [-0.05, 0) is 59.7 Å². The molecule has 158 valence electrons. The summed E-state index contributed by atoms with van der Waals surface area (Å²) in [6, 6.07) is 17.2. The molecule has 30 heavy (non-hydrogen) atoms. The van der Waals surface area contributed by atoms with Crippen LogP contribution in [-0.4, -0.2) is 60.3 Å². The lowest BCUT2D eigenvalue weighted by Gasteiger charge is -2.35. The van der Waals surface area contributed by atoms with Gasteiger partial charge in [-0.3, -0.25) is 0 Å². The van der Waals surface area contributed by atoms with E-state index in [9.17, 15) is 9.59 Å². The third-order valence-corrected chi connectivity index (χ3v) is 6.33. The Morgan fingerprint density at radius 2 is 1.80 bits per heavy atom. The van der Waals surface area contributed by atoms with E-state index in [1.54, 1.807) is 9.80 Å². The zero-order valence-electron chi connectivity index (χ0n) is 16.5. The van der Waals surface area contributed by atoms with Gasteiger partial charge in [-0.1, -0.05) is 30.3 Å². The predicted molar refractivity (Wildman–Crippen MR) is 122 cm³/mol. The number of anilines is 1. The maximum atomic E-state index is 12.6. The fraction of sp³-hybridized carbons (Fsp3) is 0.364. The second kappa shape index (κ2) is 9.55. The maximum Gasteiger partial charge on any atom is 0.410 e. The van der Waals surface area contributed by atoms with Crippen LogP contribution in [0.15, 0.2) is 54.6 Å². The number of rotatable bonds is 5. The van der Waals surface area contributed by atoms with Crippen LogP contribution in [-0.2, 0) is 4.74 Å². The van der Waals surface area contributed by atoms with Gasteiger partial charge < -0.3 is 24.6 Å². The Hall–Kier alpha value is -2.49. The van der Waals surface area contributed by atoms with Crippen LogP contribution in [0.1, 0.15) is 12.8 Å². The van der Waals surface area contributed by atoms with Crippen molar-refractivity contribution in [2.24, 2.45) is 0 Å². The summed E-state index contributed by atoms with van der Waals surface area (Å²) < 4.78 is 12.2. The lowest BCUT2D eigenvalue weighted by Crippen LogP contribution is -2.48. The van der Waals surface area contributed by atoms with Crippen molar-refractivity contribution in [1.29, 1.82) is 0 Å². The molecule has 0 saturated carbocycles. The number of nitrogens with zero attached hydrogens (tertiary/aromatic N) is 2. The van der Waals surface area contributed by atoms with Crippen LogP contribution in [0.5, 0.6) is 5.75 Å². The van der Waals surface area contributed by atoms with Gasteiger partial charge in [0.25, 0.3) is 0 Å². The van der Waals surface area contributed by atoms with Gasteiger partial charge in [-0.25, -0.2) is 9.59 Å². The first-order valence-corrected chi connectivity index (χ1v) is 11.1. The Balaban J connectivity index is 1.25. The van der Waals surface area contributed by atoms with E-state index in [0.29, 0.717) is 26.2 Å². The van der Waals surface area contributed by atoms with Crippen molar-refractivity contribution in [3.63, 3.8) is 0 Å². The number of likely N-dealkylation sites (tertiary alicyclic amines) is 1. The number of nitrogens with one attached hydrogen (secondary N) is 1. The van der Waals surface area contributed by atoms with Gasteiger partial charge >= 0.3 is 12.1 Å². The summed E-state index contributed by atoms with van der Waals surface area (Å²) >= 11 is 2.21. The molecule has 1 N–H and O–H groups in total. The summed E-state index contributed by atoms with van der Waals surface area (Å²) in [6.45, 7) is 2.07. The zero-order chi connectivity index (χ0) is 20.9. The van der Waals surface area contributed by atoms with Crippen molar-refractivity contribution in [1.82, 2.24) is 9.80 Å². The third kappa shape index (κ3) is 4.97. The largest absolute Gasteiger partial charge is 0.490 e. The van der Waals surface area contributed by atoms with Crippen molar-refractivity contribution >= 4 is 40.4 Å². The molecule has 0 radical (unpaired) electrons. The Kier molecular flexibility index (Phi) is 6.61. The number of benzene rings is 2. The Bertz CT molecular complexity index is 887. The molecule has 2 aliphatic heterocycles. The molecule has 0 aromatic heterocycles. The summed E-state index contributed by atoms with van der Waals surface area (Å²) in [5, 5.41) is 2.97. The van der Waals surface area contributed by atoms with Crippen molar-refractivity contribution < 1.29 is 19.1 Å². The van der Waals surface area contributed by atoms with E-state index in [1.165, 1.54) is 0 Å². The van der Waals surface area contributed by atoms with Crippen LogP contribution >= 0.6 is 22.6 Å². The lowest BCUT2D eigenvalue weighted by molar-refractivity contribution is 0.0991. The average molecular weight is 521 g/mol. The average Bonchev–Trinajstić information content (AvgIpc) is 3.15. The molecule has 0 bridgehead atoms. The molecule has 2 aromatic carbocycles. The van der Waals surface area contributed by atoms with Gasteiger partial charge in [0, 0.05) is 22.7 Å². The van der Waals surface area contributed by atoms with Crippen molar-refractivity contribution in [2.45, 2.75) is 25.0 Å². The predicted octanol–water partition coefficient (Wildman–Crippen LogP) is 4.19. The molecule has 2 aliphatic rings. The number of carbonyl (C=O) groups excluding carboxylic acids is 2. The Labute approximate surface area is 189 Å². The monoisotopic (exact) mass is 521 g/mol. The minimum atomic E-state index is -0.293. The molecule has 1 atom stereocenters. The topological polar surface area (TPSA) is 71.1 Å². The van der Waals surface area contributed by atoms with E-state index in [1.807, 2.05) is 54.6 Å². The molecular weight excluding hydrogens is 497 g/mol. The molecule has 2 heterocycles. The number of amides is 3. The number of halogens is 1. The van der Waals surface area contributed by atoms with Crippen molar-refractivity contribution in [2.75, 3.05) is 31.6 Å². The Morgan fingerprint density at radius 3 is 2.53 bits per heavy atom. The van der Waals surface area contributed by atoms with Gasteiger partial charge in [0.05, 0.1) is 12.2 Å². The summed E-state index contributed by atoms with van der Waals surface area (Å²) in [4.78, 5) is 28.5. The molecular formula is C22H24IN3O4. The molecule has 7 nitrogen and oxygen atoms in total. The SMILES string of the molecule is O=C(Nc1ccccc1I)N1CCC(N2CC(COc3ccccc3)OC2=O)CC1. The first kappa shape index (κ1) is 20.8. The van der Waals surface area contributed by atoms with E-state index in [2.05, 4.69) is 27.9 Å². The zero-order valence-corrected chi connectivity index (χ0v) is 18.7. The highest BCUT2D eigenvalue weighted by Crippen LogP contribution is 2.24. The second-order valence-electron chi connectivity index (χ2n) is 7.41. The highest BCUT2D eigenvalue weighted by molar-refractivity contribution is 14.1. The fourth-order valence-corrected chi connectivity index (χ4v) is 4.29. The van der Waals surface area contributed by atoms with E-state index in [0.717, 1.165) is 27.8 Å². The molecule has 0 spiro atoms. The van der Waals surface area contributed by atoms with Crippen molar-refractivity contribution in [3.05, 3.63) is 58.2 Å². The van der Waals surface area contributed by atoms with E-state index >= 15 is 0 Å². The summed E-state index contributed by atoms with van der Waals surface area (Å²) in [5.74, 6) is 0.763. The van der Waals surface area contributed by atoms with Crippen LogP contribution in [0.2, 0.25) is 0 Å². The van der Waals surface area contributed by atoms with Crippen LogP contribution in [0.4, 0.5) is 15.3 Å². The highest BCUT2D eigenvalue weighted by Gasteiger charge is 2.38. The number of ether oxygens (including phenoxy) is 2. The standard InChI is InChI=1S/C22H24IN3O4/c23-19-8-4-5-9-20(19)24-21(27)25-12-10-16(11-13-25)26-14-18(30-22(26)28)15-29-17-6-2-1-3-7-17/h1-9,16,18H,10-15H2,(H,24,27). The summed E-state index contributed by atoms with van der Waals surface area (Å²) in [6.07, 6.45) is 0.902. The van der Waals surface area contributed by atoms with E-state index in [-0.39, 0.29) is 24.3 Å². The molecule has 3 amide bonds. The maximum absolute atomic E-state index is 12.6. The van der Waals surface area contributed by atoms with E-state index in [4.69, 9.17) is 9.47 Å². The molecule has 8 heteroatoms. The lowest BCUT2D eigenvalue weighted by atomic mass is 10.0. The van der Waals surface area contributed by atoms with Crippen molar-refractivity contribution in [3.8, 4) is 5.75 Å². The van der Waals surface area contributed by atoms with Crippen LogP contribution in [0.3, 0.4) is 0 Å². The minimum absolute atomic E-state index is 0.0835. The van der Waals surface area contributed by atoms with Crippen LogP contribution in [0, 0.1) is 3.57 Å². The first-order chi connectivity index (χ1) is 14.6. The molecule has 0 aliphatic carbocycles. The van der Waals surface area contributed by atoms with Gasteiger partial charge in [-0.2, -0.15) is 0 Å². The number of hydrogen-bond donors (Lipinski definition) is 1. The fourth-order valence-electron chi connectivity index (χ4n) is 3.77. The molecule has 1 unspecified atom stereocenters. The quantitative estimate of drug-likeness (QED) is 0.600. The highest BCUT2D eigenvalue weighted by atomic mass is 127. The number of para-hydroxylation sites is 2. The number of carbonyl (C=O) groups is 2. The van der Waals surface area contributed by atoms with Crippen LogP contribution < -0.4 is 10.1 Å². The second-order valence-corrected chi connectivity index (χ2v) is 8.57. The van der Waals surface area contributed by atoms with Gasteiger partial charge in [-0.15, -0.1) is 0 Å². The first-order valence-electron chi connectivity index (χ1n) is 10.1. The number of urea groups is 1. The molecule has 2 fully saturated rings. The third-order valence-electron chi connectivity index (χ3n) is 5.39. The number of hydrogen-bond acceptors (Lipinski definition) is 4. The Morgan fingerprint density at radius 1 is 1.10 bits per heavy atom.